The van der Waals surface area contributed by atoms with Crippen molar-refractivity contribution in [2.45, 2.75) is 6.61 Å². The number of benzene rings is 3. The van der Waals surface area contributed by atoms with Gasteiger partial charge in [-0.1, -0.05) is 30.3 Å². The highest BCUT2D eigenvalue weighted by atomic mass is 19.1. The highest BCUT2D eigenvalue weighted by Gasteiger charge is 2.25. The molecule has 0 radical (unpaired) electrons. The van der Waals surface area contributed by atoms with E-state index in [2.05, 4.69) is 0 Å². The van der Waals surface area contributed by atoms with Crippen molar-refractivity contribution in [3.63, 3.8) is 0 Å². The Balaban J connectivity index is 1.92. The number of carbonyl (C=O) groups is 1. The molecule has 0 aliphatic heterocycles. The molecule has 3 aromatic carbocycles. The molecule has 0 saturated heterocycles. The third kappa shape index (κ3) is 4.37. The maximum Gasteiger partial charge on any atom is 0.313 e. The van der Waals surface area contributed by atoms with Gasteiger partial charge >= 0.3 is 5.69 Å². The van der Waals surface area contributed by atoms with Gasteiger partial charge in [-0.05, 0) is 23.8 Å². The molecular weight excluding hydrogens is 384 g/mol. The number of hydrogen-bond acceptors (Lipinski definition) is 5. The van der Waals surface area contributed by atoms with Crippen LogP contribution in [0.3, 0.4) is 0 Å². The van der Waals surface area contributed by atoms with Gasteiger partial charge in [-0.3, -0.25) is 14.9 Å². The summed E-state index contributed by atoms with van der Waals surface area (Å²) in [6, 6.07) is 14.2. The van der Waals surface area contributed by atoms with Crippen LogP contribution in [0, 0.1) is 21.7 Å². The van der Waals surface area contributed by atoms with E-state index < -0.39 is 39.2 Å². The van der Waals surface area contributed by atoms with Crippen molar-refractivity contribution in [2.24, 2.45) is 0 Å². The predicted molar refractivity (Wildman–Crippen MR) is 100 cm³/mol. The maximum atomic E-state index is 14.3. The summed E-state index contributed by atoms with van der Waals surface area (Å²) in [5.74, 6) is -3.11. The molecule has 0 aromatic heterocycles. The zero-order valence-electron chi connectivity index (χ0n) is 15.2. The molecule has 0 N–H and O–H groups in total. The molecule has 0 amide bonds. The van der Waals surface area contributed by atoms with Crippen LogP contribution in [0.25, 0.3) is 0 Å². The smallest absolute Gasteiger partial charge is 0.313 e. The largest absolute Gasteiger partial charge is 0.490 e. The lowest BCUT2D eigenvalue weighted by Crippen LogP contribution is -2.09. The van der Waals surface area contributed by atoms with Gasteiger partial charge in [-0.25, -0.2) is 8.78 Å². The molecule has 3 rings (SSSR count). The van der Waals surface area contributed by atoms with Gasteiger partial charge in [0, 0.05) is 6.07 Å². The Morgan fingerprint density at radius 2 is 1.69 bits per heavy atom. The standard InChI is InChI=1S/C21H15F2NO5/c1-28-20-10-16(18(23)11-19(20)24(26)27)21(25)15-9-14(7-8-17(15)22)29-12-13-5-3-2-4-6-13/h2-11H,12H2,1H3. The number of rotatable bonds is 7. The minimum atomic E-state index is -1.16. The fourth-order valence-corrected chi connectivity index (χ4v) is 2.68. The second-order valence-electron chi connectivity index (χ2n) is 6.01. The zero-order valence-corrected chi connectivity index (χ0v) is 15.2. The van der Waals surface area contributed by atoms with Gasteiger partial charge in [0.15, 0.2) is 11.5 Å². The Morgan fingerprint density at radius 1 is 1.00 bits per heavy atom. The third-order valence-corrected chi connectivity index (χ3v) is 4.14. The molecule has 6 nitrogen and oxygen atoms in total. The van der Waals surface area contributed by atoms with Crippen molar-refractivity contribution in [2.75, 3.05) is 7.11 Å². The van der Waals surface area contributed by atoms with Gasteiger partial charge in [-0.15, -0.1) is 0 Å². The molecule has 0 fully saturated rings. The summed E-state index contributed by atoms with van der Waals surface area (Å²) in [5.41, 5.74) is -0.741. The summed E-state index contributed by atoms with van der Waals surface area (Å²) < 4.78 is 39.0. The van der Waals surface area contributed by atoms with E-state index in [1.165, 1.54) is 6.07 Å². The average Bonchev–Trinajstić information content (AvgIpc) is 2.73. The highest BCUT2D eigenvalue weighted by molar-refractivity contribution is 6.10. The molecule has 8 heteroatoms. The van der Waals surface area contributed by atoms with Crippen molar-refractivity contribution in [1.82, 2.24) is 0 Å². The Morgan fingerprint density at radius 3 is 2.34 bits per heavy atom. The summed E-state index contributed by atoms with van der Waals surface area (Å²) in [4.78, 5) is 22.8. The minimum absolute atomic E-state index is 0.194. The van der Waals surface area contributed by atoms with Crippen molar-refractivity contribution in [3.8, 4) is 11.5 Å². The molecule has 0 aliphatic rings. The second-order valence-corrected chi connectivity index (χ2v) is 6.01. The zero-order chi connectivity index (χ0) is 21.0. The molecule has 0 heterocycles. The van der Waals surface area contributed by atoms with Gasteiger partial charge < -0.3 is 9.47 Å². The van der Waals surface area contributed by atoms with E-state index in [0.29, 0.717) is 6.07 Å². The lowest BCUT2D eigenvalue weighted by Gasteiger charge is -2.10. The van der Waals surface area contributed by atoms with E-state index >= 15 is 0 Å². The van der Waals surface area contributed by atoms with Crippen LogP contribution in [0.1, 0.15) is 21.5 Å². The van der Waals surface area contributed by atoms with E-state index in [1.807, 2.05) is 30.3 Å². The third-order valence-electron chi connectivity index (χ3n) is 4.14. The van der Waals surface area contributed by atoms with Crippen molar-refractivity contribution < 1.29 is 28.0 Å². The normalized spacial score (nSPS) is 10.4. The number of ketones is 1. The Kier molecular flexibility index (Phi) is 5.82. The lowest BCUT2D eigenvalue weighted by atomic mass is 10.0. The summed E-state index contributed by atoms with van der Waals surface area (Å²) in [5, 5.41) is 11.0. The first kappa shape index (κ1) is 19.9. The van der Waals surface area contributed by atoms with Gasteiger partial charge in [0.05, 0.1) is 29.2 Å². The average molecular weight is 399 g/mol. The van der Waals surface area contributed by atoms with E-state index in [9.17, 15) is 23.7 Å². The second kappa shape index (κ2) is 8.47. The minimum Gasteiger partial charge on any atom is -0.490 e. The van der Waals surface area contributed by atoms with Crippen molar-refractivity contribution >= 4 is 11.5 Å². The van der Waals surface area contributed by atoms with Crippen LogP contribution in [0.2, 0.25) is 0 Å². The molecule has 0 unspecified atom stereocenters. The summed E-state index contributed by atoms with van der Waals surface area (Å²) in [6.45, 7) is 0.194. The monoisotopic (exact) mass is 399 g/mol. The van der Waals surface area contributed by atoms with Gasteiger partial charge in [0.1, 0.15) is 24.0 Å². The van der Waals surface area contributed by atoms with Crippen LogP contribution in [-0.2, 0) is 6.61 Å². The SMILES string of the molecule is COc1cc(C(=O)c2cc(OCc3ccccc3)ccc2F)c(F)cc1[N+](=O)[O-]. The van der Waals surface area contributed by atoms with Crippen LogP contribution in [0.5, 0.6) is 11.5 Å². The van der Waals surface area contributed by atoms with Crippen molar-refractivity contribution in [3.05, 3.63) is 99.1 Å². The topological polar surface area (TPSA) is 78.7 Å². The quantitative estimate of drug-likeness (QED) is 0.327. The Labute approximate surface area is 164 Å². The molecule has 3 aromatic rings. The van der Waals surface area contributed by atoms with Gasteiger partial charge in [0.25, 0.3) is 0 Å². The van der Waals surface area contributed by atoms with E-state index in [0.717, 1.165) is 30.9 Å². The fourth-order valence-electron chi connectivity index (χ4n) is 2.68. The summed E-state index contributed by atoms with van der Waals surface area (Å²) >= 11 is 0. The number of nitro groups is 1. The van der Waals surface area contributed by atoms with Crippen LogP contribution in [0.4, 0.5) is 14.5 Å². The van der Waals surface area contributed by atoms with Crippen LogP contribution >= 0.6 is 0 Å². The molecule has 0 bridgehead atoms. The molecule has 0 atom stereocenters. The molecule has 0 spiro atoms. The number of nitro benzene ring substituents is 1. The predicted octanol–water partition coefficient (Wildman–Crippen LogP) is 4.69. The number of ether oxygens (including phenoxy) is 2. The maximum absolute atomic E-state index is 14.3. The molecule has 0 saturated carbocycles. The first-order chi connectivity index (χ1) is 13.9. The van der Waals surface area contributed by atoms with Gasteiger partial charge in [0.2, 0.25) is 0 Å². The summed E-state index contributed by atoms with van der Waals surface area (Å²) in [7, 11) is 1.15. The Bertz CT molecular complexity index is 1070. The number of nitrogens with zero attached hydrogens (tertiary/aromatic N) is 1. The number of methoxy groups -OCH3 is 1. The number of carbonyl (C=O) groups excluding carboxylic acids is 1. The van der Waals surface area contributed by atoms with Crippen LogP contribution in [0.15, 0.2) is 60.7 Å². The van der Waals surface area contributed by atoms with Gasteiger partial charge in [-0.2, -0.15) is 0 Å². The highest BCUT2D eigenvalue weighted by Crippen LogP contribution is 2.31. The molecule has 29 heavy (non-hydrogen) atoms. The Hall–Kier alpha value is -3.81. The fraction of sp³-hybridized carbons (Fsp3) is 0.0952. The number of hydrogen-bond donors (Lipinski definition) is 0. The van der Waals surface area contributed by atoms with Crippen molar-refractivity contribution in [1.29, 1.82) is 0 Å². The number of halogens is 2. The molecule has 148 valence electrons. The first-order valence-electron chi connectivity index (χ1n) is 8.43. The lowest BCUT2D eigenvalue weighted by molar-refractivity contribution is -0.385. The van der Waals surface area contributed by atoms with E-state index in [1.54, 1.807) is 0 Å². The molecule has 0 aliphatic carbocycles. The van der Waals surface area contributed by atoms with Crippen LogP contribution in [-0.4, -0.2) is 17.8 Å². The van der Waals surface area contributed by atoms with E-state index in [-0.39, 0.29) is 18.1 Å². The molecular formula is C21H15F2NO5. The van der Waals surface area contributed by atoms with Crippen LogP contribution < -0.4 is 9.47 Å². The summed E-state index contributed by atoms with van der Waals surface area (Å²) in [6.07, 6.45) is 0. The van der Waals surface area contributed by atoms with E-state index in [4.69, 9.17) is 9.47 Å². The first-order valence-corrected chi connectivity index (χ1v) is 8.43.